The molecule has 0 aliphatic carbocycles. The number of carbonyl (C=O) groups is 1. The first kappa shape index (κ1) is 20.7. The molecule has 0 unspecified atom stereocenters. The number of benzene rings is 1. The largest absolute Gasteiger partial charge is 0.494 e. The Hall–Kier alpha value is -3.00. The van der Waals surface area contributed by atoms with E-state index in [2.05, 4.69) is 21.3 Å². The first-order chi connectivity index (χ1) is 14.0. The Balaban J connectivity index is 1.78. The minimum absolute atomic E-state index is 0.0343. The summed E-state index contributed by atoms with van der Waals surface area (Å²) in [5.41, 5.74) is 9.42. The molecular formula is C21H25N5O2S. The number of Topliss-reactive ketones (excluding diaryl/α,β-unsaturated/α-hetero) is 1. The van der Waals surface area contributed by atoms with E-state index in [9.17, 15) is 4.79 Å². The van der Waals surface area contributed by atoms with Gasteiger partial charge in [-0.15, -0.1) is 16.8 Å². The van der Waals surface area contributed by atoms with Crippen LogP contribution in [0.5, 0.6) is 5.75 Å². The molecule has 0 radical (unpaired) electrons. The fourth-order valence-electron chi connectivity index (χ4n) is 3.22. The van der Waals surface area contributed by atoms with Crippen molar-refractivity contribution < 1.29 is 9.53 Å². The molecule has 0 atom stereocenters. The van der Waals surface area contributed by atoms with Crippen molar-refractivity contribution >= 4 is 23.5 Å². The van der Waals surface area contributed by atoms with Gasteiger partial charge in [-0.25, -0.2) is 0 Å². The summed E-state index contributed by atoms with van der Waals surface area (Å²) in [4.78, 5) is 12.9. The second-order valence-electron chi connectivity index (χ2n) is 6.50. The maximum absolute atomic E-state index is 12.9. The van der Waals surface area contributed by atoms with Crippen molar-refractivity contribution in [2.45, 2.75) is 32.5 Å². The topological polar surface area (TPSA) is 88.0 Å². The summed E-state index contributed by atoms with van der Waals surface area (Å²) >= 11 is 1.32. The lowest BCUT2D eigenvalue weighted by Gasteiger charge is -2.11. The first-order valence-electron chi connectivity index (χ1n) is 9.34. The van der Waals surface area contributed by atoms with Crippen LogP contribution in [0.1, 0.15) is 28.7 Å². The van der Waals surface area contributed by atoms with Crippen LogP contribution >= 0.6 is 11.8 Å². The van der Waals surface area contributed by atoms with Crippen molar-refractivity contribution in [1.29, 1.82) is 0 Å². The summed E-state index contributed by atoms with van der Waals surface area (Å²) < 4.78 is 9.31. The van der Waals surface area contributed by atoms with E-state index < -0.39 is 0 Å². The predicted molar refractivity (Wildman–Crippen MR) is 116 cm³/mol. The highest BCUT2D eigenvalue weighted by atomic mass is 32.2. The smallest absolute Gasteiger partial charge is 0.222 e. The van der Waals surface area contributed by atoms with Crippen LogP contribution in [0.4, 0.5) is 5.95 Å². The van der Waals surface area contributed by atoms with E-state index in [-0.39, 0.29) is 11.5 Å². The minimum Gasteiger partial charge on any atom is -0.494 e. The standard InChI is InChI=1S/C21H25N5O2S/c1-5-11-25-20(22)23-24-21(25)29-13-19(27)18-12-14(3)26(15(18)4)16-7-9-17(10-8-16)28-6-2/h5,7-10,12H,1,6,11,13H2,2-4H3,(H2,22,23). The Morgan fingerprint density at radius 3 is 2.66 bits per heavy atom. The van der Waals surface area contributed by atoms with Crippen LogP contribution in [0.15, 0.2) is 48.1 Å². The zero-order valence-electron chi connectivity index (χ0n) is 16.9. The summed E-state index contributed by atoms with van der Waals surface area (Å²) in [7, 11) is 0. The van der Waals surface area contributed by atoms with Crippen LogP contribution in [0.3, 0.4) is 0 Å². The number of anilines is 1. The van der Waals surface area contributed by atoms with Crippen molar-refractivity contribution in [1.82, 2.24) is 19.3 Å². The molecule has 2 N–H and O–H groups in total. The highest BCUT2D eigenvalue weighted by Crippen LogP contribution is 2.25. The number of nitrogens with zero attached hydrogens (tertiary/aromatic N) is 4. The second-order valence-corrected chi connectivity index (χ2v) is 7.44. The highest BCUT2D eigenvalue weighted by Gasteiger charge is 2.18. The average Bonchev–Trinajstić information content (AvgIpc) is 3.20. The van der Waals surface area contributed by atoms with Crippen LogP contribution in [0.25, 0.3) is 5.69 Å². The number of nitrogens with two attached hydrogens (primary N) is 1. The molecule has 0 bridgehead atoms. The Morgan fingerprint density at radius 1 is 1.28 bits per heavy atom. The van der Waals surface area contributed by atoms with Crippen LogP contribution in [-0.4, -0.2) is 37.5 Å². The number of aromatic nitrogens is 4. The van der Waals surface area contributed by atoms with Crippen LogP contribution in [-0.2, 0) is 6.54 Å². The van der Waals surface area contributed by atoms with Gasteiger partial charge in [0.05, 0.1) is 12.4 Å². The quantitative estimate of drug-likeness (QED) is 0.327. The van der Waals surface area contributed by atoms with Gasteiger partial charge in [-0.1, -0.05) is 17.8 Å². The van der Waals surface area contributed by atoms with Gasteiger partial charge >= 0.3 is 0 Å². The van der Waals surface area contributed by atoms with Crippen LogP contribution in [0.2, 0.25) is 0 Å². The number of ether oxygens (including phenoxy) is 1. The number of hydrogen-bond acceptors (Lipinski definition) is 6. The fraction of sp³-hybridized carbons (Fsp3) is 0.286. The van der Waals surface area contributed by atoms with Gasteiger partial charge in [0.2, 0.25) is 5.95 Å². The molecule has 0 saturated heterocycles. The molecule has 0 aliphatic rings. The third-order valence-electron chi connectivity index (χ3n) is 4.53. The molecule has 7 nitrogen and oxygen atoms in total. The monoisotopic (exact) mass is 411 g/mol. The molecule has 8 heteroatoms. The molecule has 2 heterocycles. The molecule has 152 valence electrons. The first-order valence-corrected chi connectivity index (χ1v) is 10.3. The Labute approximate surface area is 174 Å². The summed E-state index contributed by atoms with van der Waals surface area (Å²) in [6.45, 7) is 10.7. The number of nitrogen functional groups attached to an aromatic ring is 1. The van der Waals surface area contributed by atoms with E-state index in [0.29, 0.717) is 29.8 Å². The second kappa shape index (κ2) is 9.00. The fourth-order valence-corrected chi connectivity index (χ4v) is 4.05. The number of aryl methyl sites for hydroxylation is 1. The summed E-state index contributed by atoms with van der Waals surface area (Å²) in [6.07, 6.45) is 1.72. The van der Waals surface area contributed by atoms with E-state index in [4.69, 9.17) is 10.5 Å². The van der Waals surface area contributed by atoms with Crippen molar-refractivity contribution in [2.24, 2.45) is 0 Å². The molecule has 29 heavy (non-hydrogen) atoms. The van der Waals surface area contributed by atoms with Gasteiger partial charge in [-0.3, -0.25) is 9.36 Å². The average molecular weight is 412 g/mol. The third-order valence-corrected chi connectivity index (χ3v) is 5.49. The Kier molecular flexibility index (Phi) is 6.43. The van der Waals surface area contributed by atoms with Crippen molar-refractivity contribution in [2.75, 3.05) is 18.1 Å². The molecule has 0 fully saturated rings. The van der Waals surface area contributed by atoms with E-state index >= 15 is 0 Å². The van der Waals surface area contributed by atoms with E-state index in [1.54, 1.807) is 10.6 Å². The lowest BCUT2D eigenvalue weighted by molar-refractivity contribution is 0.102. The van der Waals surface area contributed by atoms with E-state index in [1.165, 1.54) is 11.8 Å². The molecule has 3 aromatic rings. The number of ketones is 1. The molecule has 0 aliphatic heterocycles. The van der Waals surface area contributed by atoms with Gasteiger partial charge in [-0.05, 0) is 51.1 Å². The SMILES string of the molecule is C=CCn1c(N)nnc1SCC(=O)c1cc(C)n(-c2ccc(OCC)cc2)c1C. The summed E-state index contributed by atoms with van der Waals surface area (Å²) in [5, 5.41) is 8.54. The van der Waals surface area contributed by atoms with Crippen LogP contribution < -0.4 is 10.5 Å². The lowest BCUT2D eigenvalue weighted by Crippen LogP contribution is -2.07. The van der Waals surface area contributed by atoms with Gasteiger partial charge in [0.1, 0.15) is 5.75 Å². The predicted octanol–water partition coefficient (Wildman–Crippen LogP) is 3.83. The number of hydrogen-bond donors (Lipinski definition) is 1. The van der Waals surface area contributed by atoms with Gasteiger partial charge in [0, 0.05) is 29.2 Å². The zero-order chi connectivity index (χ0) is 21.0. The number of thioether (sulfide) groups is 1. The van der Waals surface area contributed by atoms with Gasteiger partial charge < -0.3 is 15.0 Å². The molecule has 3 rings (SSSR count). The van der Waals surface area contributed by atoms with E-state index in [1.807, 2.05) is 51.1 Å². The Morgan fingerprint density at radius 2 is 2.00 bits per heavy atom. The van der Waals surface area contributed by atoms with Crippen molar-refractivity contribution in [3.63, 3.8) is 0 Å². The summed E-state index contributed by atoms with van der Waals surface area (Å²) in [5.74, 6) is 1.43. The molecule has 0 saturated carbocycles. The molecular weight excluding hydrogens is 386 g/mol. The zero-order valence-corrected chi connectivity index (χ0v) is 17.7. The van der Waals surface area contributed by atoms with Gasteiger partial charge in [0.15, 0.2) is 10.9 Å². The van der Waals surface area contributed by atoms with Gasteiger partial charge in [-0.2, -0.15) is 0 Å². The minimum atomic E-state index is 0.0343. The Bertz CT molecular complexity index is 1020. The molecule has 2 aromatic heterocycles. The van der Waals surface area contributed by atoms with E-state index in [0.717, 1.165) is 22.8 Å². The van der Waals surface area contributed by atoms with Crippen LogP contribution in [0, 0.1) is 13.8 Å². The number of rotatable bonds is 9. The molecule has 1 aromatic carbocycles. The molecule has 0 spiro atoms. The third kappa shape index (κ3) is 4.37. The number of allylic oxidation sites excluding steroid dienone is 1. The molecule has 0 amide bonds. The van der Waals surface area contributed by atoms with Crippen molar-refractivity contribution in [3.8, 4) is 11.4 Å². The summed E-state index contributed by atoms with van der Waals surface area (Å²) in [6, 6.07) is 9.79. The normalized spacial score (nSPS) is 10.9. The van der Waals surface area contributed by atoms with Crippen molar-refractivity contribution in [3.05, 3.63) is 59.9 Å². The number of carbonyl (C=O) groups excluding carboxylic acids is 1. The lowest BCUT2D eigenvalue weighted by atomic mass is 10.2. The highest BCUT2D eigenvalue weighted by molar-refractivity contribution is 7.99. The maximum atomic E-state index is 12.9. The maximum Gasteiger partial charge on any atom is 0.222 e. The van der Waals surface area contributed by atoms with Gasteiger partial charge in [0.25, 0.3) is 0 Å².